The van der Waals surface area contributed by atoms with E-state index >= 15 is 0 Å². The molecule has 3 rings (SSSR count). The largest absolute Gasteiger partial charge is 0.356 e. The summed E-state index contributed by atoms with van der Waals surface area (Å²) in [6, 6.07) is 18.0. The summed E-state index contributed by atoms with van der Waals surface area (Å²) in [4.78, 5) is 40.9. The zero-order valence-corrected chi connectivity index (χ0v) is 15.8. The van der Waals surface area contributed by atoms with E-state index in [9.17, 15) is 14.4 Å². The minimum atomic E-state index is -0.665. The van der Waals surface area contributed by atoms with Crippen molar-refractivity contribution in [2.75, 3.05) is 0 Å². The van der Waals surface area contributed by atoms with Crippen LogP contribution in [0.15, 0.2) is 70.3 Å². The molecule has 28 heavy (non-hydrogen) atoms. The van der Waals surface area contributed by atoms with Gasteiger partial charge in [0.25, 0.3) is 5.56 Å². The van der Waals surface area contributed by atoms with Crippen LogP contribution < -0.4 is 11.2 Å². The number of hydrogen-bond donors (Lipinski definition) is 1. The summed E-state index contributed by atoms with van der Waals surface area (Å²) in [7, 11) is 0. The van der Waals surface area contributed by atoms with Crippen LogP contribution >= 0.6 is 0 Å². The first-order chi connectivity index (χ1) is 13.5. The lowest BCUT2D eigenvalue weighted by Gasteiger charge is -2.14. The highest BCUT2D eigenvalue weighted by Gasteiger charge is 2.22. The third kappa shape index (κ3) is 4.18. The Labute approximate surface area is 162 Å². The maximum Gasteiger partial charge on any atom is 0.330 e. The van der Waals surface area contributed by atoms with E-state index in [1.165, 1.54) is 0 Å². The molecule has 0 bridgehead atoms. The van der Waals surface area contributed by atoms with Crippen LogP contribution in [0.25, 0.3) is 0 Å². The van der Waals surface area contributed by atoms with Crippen LogP contribution in [0.5, 0.6) is 0 Å². The van der Waals surface area contributed by atoms with E-state index in [1.54, 1.807) is 30.3 Å². The van der Waals surface area contributed by atoms with E-state index in [4.69, 9.17) is 4.74 Å². The van der Waals surface area contributed by atoms with E-state index in [-0.39, 0.29) is 36.3 Å². The van der Waals surface area contributed by atoms with Gasteiger partial charge in [-0.3, -0.25) is 9.59 Å². The van der Waals surface area contributed by atoms with Gasteiger partial charge in [-0.15, -0.1) is 0 Å². The smallest absolute Gasteiger partial charge is 0.330 e. The van der Waals surface area contributed by atoms with Crippen LogP contribution in [0, 0.1) is 0 Å². The zero-order chi connectivity index (χ0) is 20.1. The van der Waals surface area contributed by atoms with Crippen LogP contribution in [-0.4, -0.2) is 15.3 Å². The Morgan fingerprint density at radius 1 is 1.00 bits per heavy atom. The topological polar surface area (TPSA) is 81.2 Å². The molecule has 0 unspecified atom stereocenters. The van der Waals surface area contributed by atoms with Crippen molar-refractivity contribution in [2.45, 2.75) is 33.1 Å². The molecule has 0 aliphatic carbocycles. The minimum Gasteiger partial charge on any atom is -0.356 e. The molecule has 0 aliphatic rings. The Morgan fingerprint density at radius 3 is 2.21 bits per heavy atom. The van der Waals surface area contributed by atoms with Crippen molar-refractivity contribution in [3.63, 3.8) is 0 Å². The van der Waals surface area contributed by atoms with Gasteiger partial charge >= 0.3 is 5.69 Å². The molecule has 0 saturated carbocycles. The second-order valence-corrected chi connectivity index (χ2v) is 6.77. The van der Waals surface area contributed by atoms with Crippen molar-refractivity contribution in [2.24, 2.45) is 0 Å². The maximum atomic E-state index is 12.9. The Hall–Kier alpha value is -3.25. The van der Waals surface area contributed by atoms with Crippen molar-refractivity contribution in [1.29, 1.82) is 0 Å². The number of H-pyrrole nitrogens is 1. The lowest BCUT2D eigenvalue weighted by Crippen LogP contribution is -2.40. The third-order valence-corrected chi connectivity index (χ3v) is 4.39. The van der Waals surface area contributed by atoms with Crippen molar-refractivity contribution < 1.29 is 9.53 Å². The molecule has 0 atom stereocenters. The monoisotopic (exact) mass is 378 g/mol. The average molecular weight is 378 g/mol. The van der Waals surface area contributed by atoms with Gasteiger partial charge < -0.3 is 9.72 Å². The van der Waals surface area contributed by atoms with Crippen molar-refractivity contribution in [3.05, 3.63) is 104 Å². The maximum absolute atomic E-state index is 12.9. The molecule has 0 aliphatic heterocycles. The molecule has 144 valence electrons. The Bertz CT molecular complexity index is 1070. The molecule has 0 amide bonds. The van der Waals surface area contributed by atoms with Gasteiger partial charge in [-0.05, 0) is 11.5 Å². The fourth-order valence-electron chi connectivity index (χ4n) is 2.98. The molecule has 6 nitrogen and oxygen atoms in total. The predicted molar refractivity (Wildman–Crippen MR) is 107 cm³/mol. The fraction of sp³-hybridized carbons (Fsp3) is 0.227. The van der Waals surface area contributed by atoms with Gasteiger partial charge in [0, 0.05) is 11.1 Å². The normalized spacial score (nSPS) is 11.0. The van der Waals surface area contributed by atoms with Crippen LogP contribution in [0.1, 0.15) is 46.9 Å². The molecule has 0 fully saturated rings. The van der Waals surface area contributed by atoms with Crippen molar-refractivity contribution in [1.82, 2.24) is 9.55 Å². The number of hydrogen-bond acceptors (Lipinski definition) is 4. The number of nitrogens with one attached hydrogen (secondary N) is 1. The summed E-state index contributed by atoms with van der Waals surface area (Å²) in [6.07, 6.45) is 0. The fourth-order valence-corrected chi connectivity index (χ4v) is 2.98. The number of carbonyl (C=O) groups excluding carboxylic acids is 1. The quantitative estimate of drug-likeness (QED) is 0.641. The standard InChI is InChI=1S/C22H22N2O4/c1-15(2)18-19(20(25)17-11-7-4-8-12-17)23-22(27)24(21(18)26)14-28-13-16-9-5-3-6-10-16/h3-12,15H,13-14H2,1-2H3,(H,23,27). The van der Waals surface area contributed by atoms with E-state index in [1.807, 2.05) is 44.2 Å². The molecule has 1 aromatic heterocycles. The summed E-state index contributed by atoms with van der Waals surface area (Å²) < 4.78 is 6.53. The minimum absolute atomic E-state index is 0.0375. The highest BCUT2D eigenvalue weighted by atomic mass is 16.5. The molecule has 3 aromatic rings. The summed E-state index contributed by atoms with van der Waals surface area (Å²) in [5.41, 5.74) is 0.490. The van der Waals surface area contributed by atoms with Gasteiger partial charge in [-0.1, -0.05) is 74.5 Å². The number of ketones is 1. The molecular formula is C22H22N2O4. The average Bonchev–Trinajstić information content (AvgIpc) is 2.70. The highest BCUT2D eigenvalue weighted by molar-refractivity contribution is 6.08. The number of rotatable bonds is 7. The molecule has 2 aromatic carbocycles. The van der Waals surface area contributed by atoms with Crippen LogP contribution in [0.2, 0.25) is 0 Å². The predicted octanol–water partition coefficient (Wildman–Crippen LogP) is 3.07. The summed E-state index contributed by atoms with van der Waals surface area (Å²) in [6.45, 7) is 3.70. The van der Waals surface area contributed by atoms with E-state index < -0.39 is 11.2 Å². The lowest BCUT2D eigenvalue weighted by molar-refractivity contribution is 0.0584. The molecular weight excluding hydrogens is 356 g/mol. The van der Waals surface area contributed by atoms with Crippen LogP contribution in [-0.2, 0) is 18.1 Å². The van der Waals surface area contributed by atoms with Gasteiger partial charge in [-0.2, -0.15) is 0 Å². The molecule has 1 N–H and O–H groups in total. The van der Waals surface area contributed by atoms with Gasteiger partial charge in [-0.25, -0.2) is 9.36 Å². The van der Waals surface area contributed by atoms with Gasteiger partial charge in [0.15, 0.2) is 0 Å². The molecule has 0 saturated heterocycles. The van der Waals surface area contributed by atoms with Crippen LogP contribution in [0.4, 0.5) is 0 Å². The van der Waals surface area contributed by atoms with E-state index in [0.717, 1.165) is 10.1 Å². The van der Waals surface area contributed by atoms with E-state index in [0.29, 0.717) is 5.56 Å². The summed E-state index contributed by atoms with van der Waals surface area (Å²) in [5, 5.41) is 0. The van der Waals surface area contributed by atoms with Crippen molar-refractivity contribution >= 4 is 5.78 Å². The molecule has 1 heterocycles. The number of nitrogens with zero attached hydrogens (tertiary/aromatic N) is 1. The molecule has 6 heteroatoms. The van der Waals surface area contributed by atoms with Crippen LogP contribution in [0.3, 0.4) is 0 Å². The highest BCUT2D eigenvalue weighted by Crippen LogP contribution is 2.16. The molecule has 0 radical (unpaired) electrons. The summed E-state index contributed by atoms with van der Waals surface area (Å²) >= 11 is 0. The number of benzene rings is 2. The second kappa shape index (κ2) is 8.63. The Balaban J connectivity index is 1.93. The first-order valence-corrected chi connectivity index (χ1v) is 9.07. The molecule has 0 spiro atoms. The second-order valence-electron chi connectivity index (χ2n) is 6.77. The number of aromatic amines is 1. The van der Waals surface area contributed by atoms with Gasteiger partial charge in [0.05, 0.1) is 12.3 Å². The van der Waals surface area contributed by atoms with E-state index in [2.05, 4.69) is 4.98 Å². The summed E-state index contributed by atoms with van der Waals surface area (Å²) in [5.74, 6) is -0.622. The zero-order valence-electron chi connectivity index (χ0n) is 15.8. The SMILES string of the molecule is CC(C)c1c(C(=O)c2ccccc2)[nH]c(=O)n(COCc2ccccc2)c1=O. The Morgan fingerprint density at radius 2 is 1.61 bits per heavy atom. The lowest BCUT2D eigenvalue weighted by atomic mass is 9.97. The first-order valence-electron chi connectivity index (χ1n) is 9.07. The Kier molecular flexibility index (Phi) is 6.01. The third-order valence-electron chi connectivity index (χ3n) is 4.39. The number of carbonyl (C=O) groups is 1. The first kappa shape index (κ1) is 19.5. The van der Waals surface area contributed by atoms with Crippen molar-refractivity contribution in [3.8, 4) is 0 Å². The van der Waals surface area contributed by atoms with Gasteiger partial charge in [0.2, 0.25) is 5.78 Å². The number of ether oxygens (including phenoxy) is 1. The number of aromatic nitrogens is 2. The van der Waals surface area contributed by atoms with Gasteiger partial charge in [0.1, 0.15) is 6.73 Å².